The van der Waals surface area contributed by atoms with Crippen molar-refractivity contribution in [2.75, 3.05) is 11.1 Å². The van der Waals surface area contributed by atoms with E-state index in [-0.39, 0.29) is 10.7 Å². The lowest BCUT2D eigenvalue weighted by molar-refractivity contribution is -0.113. The molecule has 0 aliphatic carbocycles. The van der Waals surface area contributed by atoms with Crippen molar-refractivity contribution in [3.63, 3.8) is 0 Å². The molecule has 1 N–H and O–H groups in total. The van der Waals surface area contributed by atoms with Gasteiger partial charge in [0.25, 0.3) is 0 Å². The lowest BCUT2D eigenvalue weighted by atomic mass is 10.3. The van der Waals surface area contributed by atoms with E-state index in [0.717, 1.165) is 0 Å². The maximum Gasteiger partial charge on any atom is 0.235 e. The van der Waals surface area contributed by atoms with Crippen molar-refractivity contribution >= 4 is 35.1 Å². The molecule has 3 nitrogen and oxygen atoms in total. The quantitative estimate of drug-likeness (QED) is 0.905. The van der Waals surface area contributed by atoms with Crippen molar-refractivity contribution in [1.82, 2.24) is 4.98 Å². The number of amides is 1. The van der Waals surface area contributed by atoms with Gasteiger partial charge in [0.15, 0.2) is 0 Å². The minimum absolute atomic E-state index is 0.0605. The van der Waals surface area contributed by atoms with Crippen LogP contribution in [0.4, 0.5) is 5.82 Å². The summed E-state index contributed by atoms with van der Waals surface area (Å²) in [6.45, 7) is 6.22. The first-order chi connectivity index (χ1) is 7.37. The van der Waals surface area contributed by atoms with Crippen LogP contribution in [0.3, 0.4) is 0 Å². The SMILES string of the molecule is CC(C)(C)SCC(=O)Nc1cc(Cl)ccn1. The number of hydrogen-bond donors (Lipinski definition) is 1. The Morgan fingerprint density at radius 3 is 2.81 bits per heavy atom. The highest BCUT2D eigenvalue weighted by atomic mass is 35.5. The maximum absolute atomic E-state index is 11.6. The third-order valence-electron chi connectivity index (χ3n) is 1.63. The van der Waals surface area contributed by atoms with Gasteiger partial charge in [-0.25, -0.2) is 4.98 Å². The molecule has 0 unspecified atom stereocenters. The van der Waals surface area contributed by atoms with Gasteiger partial charge < -0.3 is 5.32 Å². The number of aromatic nitrogens is 1. The third-order valence-corrected chi connectivity index (χ3v) is 3.13. The molecule has 0 aliphatic rings. The first-order valence-electron chi connectivity index (χ1n) is 4.92. The zero-order chi connectivity index (χ0) is 12.2. The van der Waals surface area contributed by atoms with Crippen LogP contribution in [0.1, 0.15) is 20.8 Å². The molecule has 0 spiro atoms. The highest BCUT2D eigenvalue weighted by Crippen LogP contribution is 2.23. The molecule has 0 saturated heterocycles. The number of pyridine rings is 1. The molecule has 1 rings (SSSR count). The fourth-order valence-corrected chi connectivity index (χ4v) is 1.73. The Morgan fingerprint density at radius 2 is 2.25 bits per heavy atom. The van der Waals surface area contributed by atoms with Gasteiger partial charge in [-0.2, -0.15) is 0 Å². The molecular weight excluding hydrogens is 244 g/mol. The molecule has 0 aliphatic heterocycles. The molecule has 0 bridgehead atoms. The molecule has 0 saturated carbocycles. The van der Waals surface area contributed by atoms with Gasteiger partial charge in [0, 0.05) is 16.0 Å². The summed E-state index contributed by atoms with van der Waals surface area (Å²) in [5.74, 6) is 0.847. The predicted octanol–water partition coefficient (Wildman–Crippen LogP) is 3.21. The van der Waals surface area contributed by atoms with Crippen LogP contribution >= 0.6 is 23.4 Å². The average Bonchev–Trinajstić information content (AvgIpc) is 2.14. The van der Waals surface area contributed by atoms with E-state index in [1.807, 2.05) is 0 Å². The van der Waals surface area contributed by atoms with Crippen molar-refractivity contribution in [1.29, 1.82) is 0 Å². The van der Waals surface area contributed by atoms with E-state index in [0.29, 0.717) is 16.6 Å². The molecule has 88 valence electrons. The molecule has 1 aromatic heterocycles. The molecule has 0 radical (unpaired) electrons. The maximum atomic E-state index is 11.6. The third kappa shape index (κ3) is 5.37. The number of carbonyl (C=O) groups excluding carboxylic acids is 1. The Kier molecular flexibility index (Phi) is 4.62. The summed E-state index contributed by atoms with van der Waals surface area (Å²) in [4.78, 5) is 15.6. The van der Waals surface area contributed by atoms with Crippen LogP contribution in [0.15, 0.2) is 18.3 Å². The first-order valence-corrected chi connectivity index (χ1v) is 6.28. The van der Waals surface area contributed by atoms with Gasteiger partial charge in [-0.15, -0.1) is 11.8 Å². The van der Waals surface area contributed by atoms with E-state index in [1.165, 1.54) is 0 Å². The fraction of sp³-hybridized carbons (Fsp3) is 0.455. The molecule has 1 amide bonds. The summed E-state index contributed by atoms with van der Waals surface area (Å²) < 4.78 is 0.0824. The number of thioether (sulfide) groups is 1. The van der Waals surface area contributed by atoms with Crippen LogP contribution in [0.2, 0.25) is 5.02 Å². The van der Waals surface area contributed by atoms with E-state index < -0.39 is 0 Å². The van der Waals surface area contributed by atoms with Crippen LogP contribution in [0.25, 0.3) is 0 Å². The van der Waals surface area contributed by atoms with Gasteiger partial charge in [-0.1, -0.05) is 32.4 Å². The van der Waals surface area contributed by atoms with Gasteiger partial charge >= 0.3 is 0 Å². The standard InChI is InChI=1S/C11H15ClN2OS/c1-11(2,3)16-7-10(15)14-9-6-8(12)4-5-13-9/h4-6H,7H2,1-3H3,(H,13,14,15). The van der Waals surface area contributed by atoms with Gasteiger partial charge in [0.2, 0.25) is 5.91 Å². The summed E-state index contributed by atoms with van der Waals surface area (Å²) in [6, 6.07) is 3.29. The minimum atomic E-state index is -0.0605. The highest BCUT2D eigenvalue weighted by molar-refractivity contribution is 8.01. The number of hydrogen-bond acceptors (Lipinski definition) is 3. The first kappa shape index (κ1) is 13.3. The van der Waals surface area contributed by atoms with Crippen molar-refractivity contribution in [3.8, 4) is 0 Å². The second-order valence-electron chi connectivity index (χ2n) is 4.31. The highest BCUT2D eigenvalue weighted by Gasteiger charge is 2.13. The minimum Gasteiger partial charge on any atom is -0.310 e. The smallest absolute Gasteiger partial charge is 0.235 e. The van der Waals surface area contributed by atoms with Crippen LogP contribution in [0, 0.1) is 0 Å². The zero-order valence-electron chi connectivity index (χ0n) is 9.58. The van der Waals surface area contributed by atoms with Crippen LogP contribution in [0.5, 0.6) is 0 Å². The lowest BCUT2D eigenvalue weighted by Gasteiger charge is -2.16. The zero-order valence-corrected chi connectivity index (χ0v) is 11.2. The number of rotatable bonds is 3. The second kappa shape index (κ2) is 5.55. The summed E-state index contributed by atoms with van der Waals surface area (Å²) in [7, 11) is 0. The van der Waals surface area contributed by atoms with E-state index in [2.05, 4.69) is 31.1 Å². The summed E-state index contributed by atoms with van der Waals surface area (Å²) >= 11 is 7.37. The van der Waals surface area contributed by atoms with Crippen molar-refractivity contribution in [2.45, 2.75) is 25.5 Å². The molecule has 0 fully saturated rings. The summed E-state index contributed by atoms with van der Waals surface area (Å²) in [6.07, 6.45) is 1.56. The van der Waals surface area contributed by atoms with E-state index in [1.54, 1.807) is 30.1 Å². The molecule has 0 aromatic carbocycles. The summed E-state index contributed by atoms with van der Waals surface area (Å²) in [5, 5.41) is 3.26. The van der Waals surface area contributed by atoms with E-state index in [9.17, 15) is 4.79 Å². The summed E-state index contributed by atoms with van der Waals surface area (Å²) in [5.41, 5.74) is 0. The largest absolute Gasteiger partial charge is 0.310 e. The number of carbonyl (C=O) groups is 1. The Hall–Kier alpha value is -0.740. The van der Waals surface area contributed by atoms with E-state index in [4.69, 9.17) is 11.6 Å². The molecule has 16 heavy (non-hydrogen) atoms. The average molecular weight is 259 g/mol. The number of nitrogens with zero attached hydrogens (tertiary/aromatic N) is 1. The molecule has 0 atom stereocenters. The Bertz CT molecular complexity index is 376. The lowest BCUT2D eigenvalue weighted by Crippen LogP contribution is -2.19. The number of halogens is 1. The van der Waals surface area contributed by atoms with Crippen molar-refractivity contribution < 1.29 is 4.79 Å². The van der Waals surface area contributed by atoms with Crippen LogP contribution in [-0.4, -0.2) is 21.4 Å². The normalized spacial score (nSPS) is 11.2. The Labute approximate surface area is 105 Å². The predicted molar refractivity (Wildman–Crippen MR) is 70.1 cm³/mol. The molecule has 1 heterocycles. The number of anilines is 1. The van der Waals surface area contributed by atoms with Gasteiger partial charge in [0.1, 0.15) is 5.82 Å². The fourth-order valence-electron chi connectivity index (χ4n) is 0.934. The topological polar surface area (TPSA) is 42.0 Å². The second-order valence-corrected chi connectivity index (χ2v) is 6.55. The van der Waals surface area contributed by atoms with E-state index >= 15 is 0 Å². The Morgan fingerprint density at radius 1 is 1.56 bits per heavy atom. The molecule has 5 heteroatoms. The number of nitrogens with one attached hydrogen (secondary N) is 1. The molecular formula is C11H15ClN2OS. The Balaban J connectivity index is 2.46. The van der Waals surface area contributed by atoms with Crippen LogP contribution in [-0.2, 0) is 4.79 Å². The van der Waals surface area contributed by atoms with Crippen molar-refractivity contribution in [3.05, 3.63) is 23.4 Å². The monoisotopic (exact) mass is 258 g/mol. The molecule has 1 aromatic rings. The van der Waals surface area contributed by atoms with Crippen molar-refractivity contribution in [2.24, 2.45) is 0 Å². The van der Waals surface area contributed by atoms with Crippen LogP contribution < -0.4 is 5.32 Å². The van der Waals surface area contributed by atoms with Gasteiger partial charge in [0.05, 0.1) is 5.75 Å². The van der Waals surface area contributed by atoms with Gasteiger partial charge in [-0.3, -0.25) is 4.79 Å². The van der Waals surface area contributed by atoms with Gasteiger partial charge in [-0.05, 0) is 12.1 Å².